The quantitative estimate of drug-likeness (QED) is 0.0956. The minimum atomic E-state index is -0.520. The van der Waals surface area contributed by atoms with Crippen LogP contribution >= 0.6 is 11.8 Å². The molecule has 0 saturated heterocycles. The molecule has 0 spiro atoms. The molecule has 47 heavy (non-hydrogen) atoms. The standard InChI is InChI=1S/C38H33N3O5S/c1-45-33-23-18-26(25-34(33)46-2)24-32(41-36(42)28-14-8-4-9-15-28)37(43)39-30-19-21-31(22-20-30)47-35(27-12-6-3-7-13-27)38(44)40-29-16-10-5-11-17-29/h3-25,35H,1-2H3,(H,39,43)(H,40,44)(H,41,42)/b32-24-. The van der Waals surface area contributed by atoms with Crippen LogP contribution in [-0.2, 0) is 9.59 Å². The molecule has 9 heteroatoms. The van der Waals surface area contributed by atoms with Crippen LogP contribution in [0.5, 0.6) is 11.5 Å². The van der Waals surface area contributed by atoms with E-state index in [1.165, 1.54) is 26.0 Å². The molecular formula is C38H33N3O5S. The predicted octanol–water partition coefficient (Wildman–Crippen LogP) is 7.59. The number of amides is 3. The van der Waals surface area contributed by atoms with Crippen LogP contribution in [0.15, 0.2) is 144 Å². The number of carbonyl (C=O) groups is 3. The Morgan fingerprint density at radius 1 is 0.660 bits per heavy atom. The van der Waals surface area contributed by atoms with Gasteiger partial charge in [0.15, 0.2) is 11.5 Å². The zero-order valence-electron chi connectivity index (χ0n) is 25.8. The highest BCUT2D eigenvalue weighted by molar-refractivity contribution is 8.00. The number of nitrogens with one attached hydrogen (secondary N) is 3. The van der Waals surface area contributed by atoms with Crippen molar-refractivity contribution in [1.82, 2.24) is 5.32 Å². The molecule has 0 heterocycles. The molecule has 1 atom stereocenters. The van der Waals surface area contributed by atoms with Gasteiger partial charge in [-0.05, 0) is 77.9 Å². The van der Waals surface area contributed by atoms with E-state index in [4.69, 9.17) is 9.47 Å². The number of para-hydroxylation sites is 1. The van der Waals surface area contributed by atoms with E-state index in [0.717, 1.165) is 10.5 Å². The first-order valence-electron chi connectivity index (χ1n) is 14.7. The van der Waals surface area contributed by atoms with Crippen LogP contribution in [0.2, 0.25) is 0 Å². The van der Waals surface area contributed by atoms with E-state index >= 15 is 0 Å². The van der Waals surface area contributed by atoms with Gasteiger partial charge < -0.3 is 25.4 Å². The summed E-state index contributed by atoms with van der Waals surface area (Å²) in [5.74, 6) is -0.0820. The summed E-state index contributed by atoms with van der Waals surface area (Å²) < 4.78 is 10.7. The minimum Gasteiger partial charge on any atom is -0.493 e. The van der Waals surface area contributed by atoms with Gasteiger partial charge in [0, 0.05) is 21.8 Å². The Labute approximate surface area is 277 Å². The van der Waals surface area contributed by atoms with Gasteiger partial charge in [-0.15, -0.1) is 11.8 Å². The molecule has 5 aromatic rings. The van der Waals surface area contributed by atoms with E-state index in [9.17, 15) is 14.4 Å². The molecule has 5 rings (SSSR count). The summed E-state index contributed by atoms with van der Waals surface area (Å²) in [4.78, 5) is 40.8. The summed E-state index contributed by atoms with van der Waals surface area (Å²) in [5, 5.41) is 8.10. The number of hydrogen-bond acceptors (Lipinski definition) is 6. The van der Waals surface area contributed by atoms with Crippen molar-refractivity contribution in [2.75, 3.05) is 24.9 Å². The summed E-state index contributed by atoms with van der Waals surface area (Å²) >= 11 is 1.40. The normalized spacial score (nSPS) is 11.6. The first-order valence-corrected chi connectivity index (χ1v) is 15.6. The van der Waals surface area contributed by atoms with Crippen molar-refractivity contribution < 1.29 is 23.9 Å². The second kappa shape index (κ2) is 16.0. The van der Waals surface area contributed by atoms with Crippen LogP contribution in [0.1, 0.15) is 26.7 Å². The number of benzene rings is 5. The fourth-order valence-electron chi connectivity index (χ4n) is 4.63. The molecular weight excluding hydrogens is 611 g/mol. The molecule has 0 aliphatic heterocycles. The molecule has 5 aromatic carbocycles. The number of rotatable bonds is 12. The lowest BCUT2D eigenvalue weighted by Gasteiger charge is -2.17. The van der Waals surface area contributed by atoms with Crippen molar-refractivity contribution in [3.63, 3.8) is 0 Å². The maximum Gasteiger partial charge on any atom is 0.272 e. The maximum atomic E-state index is 13.6. The number of anilines is 2. The first-order chi connectivity index (χ1) is 22.9. The number of hydrogen-bond donors (Lipinski definition) is 3. The molecule has 8 nitrogen and oxygen atoms in total. The van der Waals surface area contributed by atoms with E-state index < -0.39 is 17.1 Å². The van der Waals surface area contributed by atoms with Crippen LogP contribution in [0.3, 0.4) is 0 Å². The third-order valence-corrected chi connectivity index (χ3v) is 8.26. The average molecular weight is 644 g/mol. The molecule has 3 N–H and O–H groups in total. The van der Waals surface area contributed by atoms with Gasteiger partial charge in [0.25, 0.3) is 11.8 Å². The number of methoxy groups -OCH3 is 2. The first kappa shape index (κ1) is 32.6. The van der Waals surface area contributed by atoms with Crippen LogP contribution in [0.4, 0.5) is 11.4 Å². The summed E-state index contributed by atoms with van der Waals surface area (Å²) in [7, 11) is 3.06. The van der Waals surface area contributed by atoms with Gasteiger partial charge >= 0.3 is 0 Å². The summed E-state index contributed by atoms with van der Waals surface area (Å²) in [6, 6.07) is 39.9. The summed E-state index contributed by atoms with van der Waals surface area (Å²) in [6.07, 6.45) is 1.57. The van der Waals surface area contributed by atoms with Crippen molar-refractivity contribution in [2.45, 2.75) is 10.1 Å². The smallest absolute Gasteiger partial charge is 0.272 e. The molecule has 0 radical (unpaired) electrons. The van der Waals surface area contributed by atoms with E-state index in [1.54, 1.807) is 60.7 Å². The van der Waals surface area contributed by atoms with Gasteiger partial charge in [0.1, 0.15) is 10.9 Å². The predicted molar refractivity (Wildman–Crippen MR) is 187 cm³/mol. The van der Waals surface area contributed by atoms with Crippen molar-refractivity contribution in [2.24, 2.45) is 0 Å². The maximum absolute atomic E-state index is 13.6. The fraction of sp³-hybridized carbons (Fsp3) is 0.0789. The van der Waals surface area contributed by atoms with Crippen LogP contribution in [0.25, 0.3) is 6.08 Å². The van der Waals surface area contributed by atoms with Gasteiger partial charge in [-0.2, -0.15) is 0 Å². The minimum absolute atomic E-state index is 0.0336. The Morgan fingerprint density at radius 3 is 1.89 bits per heavy atom. The Kier molecular flexibility index (Phi) is 11.1. The molecule has 3 amide bonds. The fourth-order valence-corrected chi connectivity index (χ4v) is 5.66. The molecule has 236 valence electrons. The van der Waals surface area contributed by atoms with E-state index in [-0.39, 0.29) is 11.6 Å². The molecule has 0 fully saturated rings. The van der Waals surface area contributed by atoms with Gasteiger partial charge in [-0.25, -0.2) is 0 Å². The number of carbonyl (C=O) groups excluding carboxylic acids is 3. The van der Waals surface area contributed by atoms with Crippen LogP contribution in [-0.4, -0.2) is 31.9 Å². The SMILES string of the molecule is COc1ccc(/C=C(\NC(=O)c2ccccc2)C(=O)Nc2ccc(SC(C(=O)Nc3ccccc3)c3ccccc3)cc2)cc1OC. The van der Waals surface area contributed by atoms with Gasteiger partial charge in [0.05, 0.1) is 14.2 Å². The summed E-state index contributed by atoms with van der Waals surface area (Å²) in [5.41, 5.74) is 3.15. The second-order valence-electron chi connectivity index (χ2n) is 10.2. The topological polar surface area (TPSA) is 106 Å². The monoisotopic (exact) mass is 643 g/mol. The van der Waals surface area contributed by atoms with E-state index in [0.29, 0.717) is 34.0 Å². The number of thioether (sulfide) groups is 1. The third kappa shape index (κ3) is 8.90. The molecule has 0 aliphatic rings. The van der Waals surface area contributed by atoms with Crippen molar-refractivity contribution in [3.05, 3.63) is 156 Å². The molecule has 1 unspecified atom stereocenters. The zero-order chi connectivity index (χ0) is 33.0. The molecule has 0 aromatic heterocycles. The lowest BCUT2D eigenvalue weighted by atomic mass is 10.1. The average Bonchev–Trinajstić information content (AvgIpc) is 3.12. The van der Waals surface area contributed by atoms with Gasteiger partial charge in [0.2, 0.25) is 5.91 Å². The Balaban J connectivity index is 1.35. The second-order valence-corrected chi connectivity index (χ2v) is 11.4. The highest BCUT2D eigenvalue weighted by atomic mass is 32.2. The van der Waals surface area contributed by atoms with E-state index in [1.807, 2.05) is 78.9 Å². The highest BCUT2D eigenvalue weighted by Crippen LogP contribution is 2.37. The molecule has 0 aliphatic carbocycles. The molecule has 0 saturated carbocycles. The summed E-state index contributed by atoms with van der Waals surface area (Å²) in [6.45, 7) is 0. The van der Waals surface area contributed by atoms with Crippen LogP contribution in [0, 0.1) is 0 Å². The Bertz CT molecular complexity index is 1850. The number of ether oxygens (including phenoxy) is 2. The third-order valence-electron chi connectivity index (χ3n) is 7.00. The van der Waals surface area contributed by atoms with Crippen molar-refractivity contribution in [3.8, 4) is 11.5 Å². The molecule has 0 bridgehead atoms. The lowest BCUT2D eigenvalue weighted by molar-refractivity contribution is -0.116. The largest absolute Gasteiger partial charge is 0.493 e. The van der Waals surface area contributed by atoms with Crippen molar-refractivity contribution in [1.29, 1.82) is 0 Å². The Hall–Kier alpha value is -5.80. The van der Waals surface area contributed by atoms with Crippen LogP contribution < -0.4 is 25.4 Å². The van der Waals surface area contributed by atoms with Crippen molar-refractivity contribution >= 4 is 46.9 Å². The van der Waals surface area contributed by atoms with E-state index in [2.05, 4.69) is 16.0 Å². The Morgan fingerprint density at radius 2 is 1.26 bits per heavy atom. The lowest BCUT2D eigenvalue weighted by Crippen LogP contribution is -2.30. The van der Waals surface area contributed by atoms with Gasteiger partial charge in [-0.3, -0.25) is 14.4 Å². The van der Waals surface area contributed by atoms with Gasteiger partial charge in [-0.1, -0.05) is 72.8 Å². The highest BCUT2D eigenvalue weighted by Gasteiger charge is 2.22. The zero-order valence-corrected chi connectivity index (χ0v) is 26.6.